The van der Waals surface area contributed by atoms with Gasteiger partial charge in [-0.3, -0.25) is 4.79 Å². The fourth-order valence-electron chi connectivity index (χ4n) is 6.39. The first kappa shape index (κ1) is 30.3. The Morgan fingerprint density at radius 2 is 1.98 bits per heavy atom. The van der Waals surface area contributed by atoms with Gasteiger partial charge in [0.1, 0.15) is 11.4 Å². The highest BCUT2D eigenvalue weighted by Crippen LogP contribution is 2.30. The van der Waals surface area contributed by atoms with Crippen molar-refractivity contribution in [3.05, 3.63) is 70.7 Å². The van der Waals surface area contributed by atoms with Crippen LogP contribution in [0.4, 0.5) is 5.82 Å². The third kappa shape index (κ3) is 7.80. The second-order valence-electron chi connectivity index (χ2n) is 13.1. The lowest BCUT2D eigenvalue weighted by molar-refractivity contribution is -0.155. The van der Waals surface area contributed by atoms with Crippen LogP contribution in [0.1, 0.15) is 94.4 Å². The molecule has 1 fully saturated rings. The van der Waals surface area contributed by atoms with Crippen molar-refractivity contribution in [2.24, 2.45) is 5.92 Å². The lowest BCUT2D eigenvalue weighted by Crippen LogP contribution is -2.30. The van der Waals surface area contributed by atoms with Crippen LogP contribution in [0.25, 0.3) is 5.69 Å². The average Bonchev–Trinajstić information content (AvgIpc) is 3.61. The lowest BCUT2D eigenvalue weighted by atomic mass is 9.94. The summed E-state index contributed by atoms with van der Waals surface area (Å²) in [4.78, 5) is 20.5. The van der Waals surface area contributed by atoms with E-state index in [1.165, 1.54) is 35.4 Å². The molecule has 0 bridgehead atoms. The summed E-state index contributed by atoms with van der Waals surface area (Å²) in [5.74, 6) is 1.65. The highest BCUT2D eigenvalue weighted by Gasteiger charge is 2.28. The molecule has 0 spiro atoms. The number of ether oxygens (including phenoxy) is 1. The van der Waals surface area contributed by atoms with Gasteiger partial charge >= 0.3 is 5.97 Å². The number of carbonyl (C=O) groups excluding carboxylic acids is 1. The van der Waals surface area contributed by atoms with Crippen LogP contribution in [0.5, 0.6) is 0 Å². The van der Waals surface area contributed by atoms with Gasteiger partial charge in [0.2, 0.25) is 0 Å². The number of carbonyl (C=O) groups is 1. The van der Waals surface area contributed by atoms with Crippen molar-refractivity contribution in [1.29, 1.82) is 0 Å². The van der Waals surface area contributed by atoms with Crippen molar-refractivity contribution in [3.63, 3.8) is 0 Å². The highest BCUT2D eigenvalue weighted by atomic mass is 16.6. The summed E-state index contributed by atoms with van der Waals surface area (Å²) in [5.41, 5.74) is 6.59. The van der Waals surface area contributed by atoms with Crippen LogP contribution >= 0.6 is 0 Å². The summed E-state index contributed by atoms with van der Waals surface area (Å²) in [6.07, 6.45) is 7.87. The Labute approximate surface area is 252 Å². The average molecular weight is 572 g/mol. The van der Waals surface area contributed by atoms with Gasteiger partial charge < -0.3 is 15.0 Å². The predicted molar refractivity (Wildman–Crippen MR) is 169 cm³/mol. The third-order valence-electron chi connectivity index (χ3n) is 8.59. The normalized spacial score (nSPS) is 18.0. The van der Waals surface area contributed by atoms with Crippen molar-refractivity contribution in [1.82, 2.24) is 19.7 Å². The fraction of sp³-hybridized carbons (Fsp3) is 0.571. The van der Waals surface area contributed by atoms with Gasteiger partial charge in [-0.05, 0) is 114 Å². The molecule has 2 atom stereocenters. The summed E-state index contributed by atoms with van der Waals surface area (Å²) in [6.45, 7) is 14.1. The second-order valence-corrected chi connectivity index (χ2v) is 13.1. The largest absolute Gasteiger partial charge is 0.460 e. The van der Waals surface area contributed by atoms with Crippen LogP contribution in [-0.2, 0) is 35.2 Å². The molecule has 0 saturated carbocycles. The Morgan fingerprint density at radius 3 is 2.76 bits per heavy atom. The number of likely N-dealkylation sites (tertiary alicyclic amines) is 1. The van der Waals surface area contributed by atoms with Gasteiger partial charge in [-0.15, -0.1) is 0 Å². The number of esters is 1. The molecule has 42 heavy (non-hydrogen) atoms. The Kier molecular flexibility index (Phi) is 9.67. The van der Waals surface area contributed by atoms with Crippen molar-refractivity contribution in [3.8, 4) is 5.69 Å². The SMILES string of the molecule is CCc1cc(CC)n(-c2cccc(C(CC(=O)OC(C)(C)C)CN3CCC(CCc4ccc5c(n4)NCCC5)C3)c2)n1. The number of fused-ring (bicyclic) bond motifs is 1. The van der Waals surface area contributed by atoms with E-state index in [0.717, 1.165) is 75.5 Å². The molecule has 226 valence electrons. The second kappa shape index (κ2) is 13.4. The summed E-state index contributed by atoms with van der Waals surface area (Å²) >= 11 is 0. The van der Waals surface area contributed by atoms with E-state index in [1.54, 1.807) is 0 Å². The number of rotatable bonds is 11. The molecule has 0 radical (unpaired) electrons. The Balaban J connectivity index is 1.27. The van der Waals surface area contributed by atoms with Gasteiger partial charge in [-0.1, -0.05) is 32.0 Å². The van der Waals surface area contributed by atoms with Crippen molar-refractivity contribution >= 4 is 11.8 Å². The van der Waals surface area contributed by atoms with Crippen LogP contribution in [0.2, 0.25) is 0 Å². The molecular formula is C35H49N5O2. The molecule has 1 saturated heterocycles. The smallest absolute Gasteiger partial charge is 0.306 e. The van der Waals surface area contributed by atoms with E-state index in [0.29, 0.717) is 12.3 Å². The topological polar surface area (TPSA) is 72.3 Å². The number of hydrogen-bond donors (Lipinski definition) is 1. The first-order valence-electron chi connectivity index (χ1n) is 16.1. The molecule has 7 heteroatoms. The van der Waals surface area contributed by atoms with E-state index in [2.05, 4.69) is 71.2 Å². The van der Waals surface area contributed by atoms with Crippen molar-refractivity contribution < 1.29 is 9.53 Å². The Bertz CT molecular complexity index is 1360. The maximum absolute atomic E-state index is 13.1. The number of pyridine rings is 1. The zero-order valence-electron chi connectivity index (χ0n) is 26.3. The predicted octanol–water partition coefficient (Wildman–Crippen LogP) is 6.52. The standard InChI is InChI=1S/C35H49N5O2/c1-6-29-22-31(7-2)40(38-29)32-12-8-10-27(20-32)28(21-33(41)42-35(3,4)5)24-39-19-17-25(23-39)13-15-30-16-14-26-11-9-18-36-34(26)37-30/h8,10,12,14,16,20,22,25,28H,6-7,9,11,13,15,17-19,21,23-24H2,1-5H3,(H,36,37). The lowest BCUT2D eigenvalue weighted by Gasteiger charge is -2.26. The number of nitrogens with one attached hydrogen (secondary N) is 1. The summed E-state index contributed by atoms with van der Waals surface area (Å²) in [6, 6.07) is 15.3. The molecule has 3 aromatic rings. The number of hydrogen-bond acceptors (Lipinski definition) is 6. The van der Waals surface area contributed by atoms with Gasteiger partial charge in [0.05, 0.1) is 17.8 Å². The molecule has 0 aliphatic carbocycles. The summed E-state index contributed by atoms with van der Waals surface area (Å²) < 4.78 is 7.86. The van der Waals surface area contributed by atoms with Crippen LogP contribution in [-0.4, -0.2) is 57.4 Å². The van der Waals surface area contributed by atoms with E-state index in [9.17, 15) is 4.79 Å². The summed E-state index contributed by atoms with van der Waals surface area (Å²) in [5, 5.41) is 8.33. The first-order chi connectivity index (χ1) is 20.2. The van der Waals surface area contributed by atoms with E-state index in [4.69, 9.17) is 14.8 Å². The molecular weight excluding hydrogens is 522 g/mol. The minimum absolute atomic E-state index is 0.0539. The first-order valence-corrected chi connectivity index (χ1v) is 16.1. The number of benzene rings is 1. The zero-order valence-corrected chi connectivity index (χ0v) is 26.3. The highest BCUT2D eigenvalue weighted by molar-refractivity contribution is 5.71. The van der Waals surface area contributed by atoms with Gasteiger partial charge in [0.15, 0.2) is 0 Å². The quantitative estimate of drug-likeness (QED) is 0.264. The van der Waals surface area contributed by atoms with Crippen LogP contribution in [0.15, 0.2) is 42.5 Å². The maximum atomic E-state index is 13.1. The van der Waals surface area contributed by atoms with Gasteiger partial charge in [-0.25, -0.2) is 9.67 Å². The van der Waals surface area contributed by atoms with E-state index in [-0.39, 0.29) is 11.9 Å². The van der Waals surface area contributed by atoms with Crippen LogP contribution < -0.4 is 5.32 Å². The number of aromatic nitrogens is 3. The Hall–Kier alpha value is -3.19. The molecule has 7 nitrogen and oxygen atoms in total. The number of anilines is 1. The van der Waals surface area contributed by atoms with E-state index in [1.807, 2.05) is 20.8 Å². The Morgan fingerprint density at radius 1 is 1.12 bits per heavy atom. The molecule has 2 aliphatic rings. The van der Waals surface area contributed by atoms with E-state index < -0.39 is 5.60 Å². The molecule has 2 aromatic heterocycles. The minimum Gasteiger partial charge on any atom is -0.460 e. The van der Waals surface area contributed by atoms with Gasteiger partial charge in [-0.2, -0.15) is 5.10 Å². The molecule has 1 aromatic carbocycles. The number of aryl methyl sites for hydroxylation is 4. The van der Waals surface area contributed by atoms with Gasteiger partial charge in [0.25, 0.3) is 0 Å². The van der Waals surface area contributed by atoms with E-state index >= 15 is 0 Å². The molecule has 5 rings (SSSR count). The third-order valence-corrected chi connectivity index (χ3v) is 8.59. The summed E-state index contributed by atoms with van der Waals surface area (Å²) in [7, 11) is 0. The molecule has 1 N–H and O–H groups in total. The number of nitrogens with zero attached hydrogens (tertiary/aromatic N) is 4. The zero-order chi connectivity index (χ0) is 29.7. The minimum atomic E-state index is -0.496. The molecule has 4 heterocycles. The molecule has 2 aliphatic heterocycles. The monoisotopic (exact) mass is 571 g/mol. The van der Waals surface area contributed by atoms with Crippen LogP contribution in [0, 0.1) is 5.92 Å². The maximum Gasteiger partial charge on any atom is 0.306 e. The van der Waals surface area contributed by atoms with Gasteiger partial charge in [0, 0.05) is 36.9 Å². The van der Waals surface area contributed by atoms with Crippen LogP contribution in [0.3, 0.4) is 0 Å². The fourth-order valence-corrected chi connectivity index (χ4v) is 6.39. The molecule has 2 unspecified atom stereocenters. The molecule has 0 amide bonds. The van der Waals surface area contributed by atoms with Crippen molar-refractivity contribution in [2.75, 3.05) is 31.5 Å². The van der Waals surface area contributed by atoms with Crippen molar-refractivity contribution in [2.45, 2.75) is 97.5 Å².